The molecule has 0 saturated carbocycles. The molecule has 3 aromatic carbocycles. The molecule has 2 N–H and O–H groups in total. The van der Waals surface area contributed by atoms with Crippen LogP contribution in [0.1, 0.15) is 40.2 Å². The number of carbonyl (C=O) groups is 1. The van der Waals surface area contributed by atoms with E-state index in [4.69, 9.17) is 14.6 Å². The van der Waals surface area contributed by atoms with Crippen molar-refractivity contribution in [1.29, 1.82) is 0 Å². The van der Waals surface area contributed by atoms with Gasteiger partial charge in [0.2, 0.25) is 0 Å². The molecule has 1 aliphatic rings. The van der Waals surface area contributed by atoms with Gasteiger partial charge in [-0.15, -0.1) is 0 Å². The summed E-state index contributed by atoms with van der Waals surface area (Å²) in [6.45, 7) is 6.90. The van der Waals surface area contributed by atoms with Crippen LogP contribution >= 0.6 is 0 Å². The quantitative estimate of drug-likeness (QED) is 0.552. The lowest BCUT2D eigenvalue weighted by molar-refractivity contribution is -0.137. The van der Waals surface area contributed by atoms with Crippen LogP contribution in [-0.4, -0.2) is 22.8 Å². The zero-order chi connectivity index (χ0) is 22.1. The Morgan fingerprint density at radius 3 is 2.55 bits per heavy atom. The Balaban J connectivity index is 1.54. The molecule has 0 amide bonds. The number of ether oxygens (including phenoxy) is 2. The Hall–Kier alpha value is -3.47. The van der Waals surface area contributed by atoms with E-state index in [9.17, 15) is 9.90 Å². The average molecular weight is 418 g/mol. The highest BCUT2D eigenvalue weighted by molar-refractivity contribution is 5.75. The van der Waals surface area contributed by atoms with E-state index in [-0.39, 0.29) is 18.1 Å². The minimum absolute atomic E-state index is 0.0648. The summed E-state index contributed by atoms with van der Waals surface area (Å²) in [5, 5.41) is 18.9. The summed E-state index contributed by atoms with van der Waals surface area (Å²) < 4.78 is 11.7. The van der Waals surface area contributed by atoms with Crippen molar-refractivity contribution in [3.8, 4) is 28.4 Å². The van der Waals surface area contributed by atoms with Crippen molar-refractivity contribution in [1.82, 2.24) is 0 Å². The summed E-state index contributed by atoms with van der Waals surface area (Å²) in [7, 11) is 0. The highest BCUT2D eigenvalue weighted by Crippen LogP contribution is 2.39. The molecule has 160 valence electrons. The lowest BCUT2D eigenvalue weighted by Crippen LogP contribution is -2.07. The van der Waals surface area contributed by atoms with Gasteiger partial charge in [0.15, 0.2) is 0 Å². The summed E-state index contributed by atoms with van der Waals surface area (Å²) >= 11 is 0. The first kappa shape index (κ1) is 20.8. The number of carboxylic acid groups (broad SMARTS) is 1. The predicted octanol–water partition coefficient (Wildman–Crippen LogP) is 5.51. The van der Waals surface area contributed by atoms with Gasteiger partial charge in [0.1, 0.15) is 23.9 Å². The molecule has 1 atom stereocenters. The van der Waals surface area contributed by atoms with E-state index < -0.39 is 5.97 Å². The fourth-order valence-corrected chi connectivity index (χ4v) is 4.36. The fourth-order valence-electron chi connectivity index (χ4n) is 4.36. The normalized spacial score (nSPS) is 14.7. The number of phenolic OH excluding ortho intramolecular Hbond substituents is 1. The van der Waals surface area contributed by atoms with Gasteiger partial charge in [-0.3, -0.25) is 4.79 Å². The maximum absolute atomic E-state index is 11.0. The molecule has 0 aliphatic carbocycles. The third kappa shape index (κ3) is 4.22. The van der Waals surface area contributed by atoms with Gasteiger partial charge in [0.05, 0.1) is 13.0 Å². The van der Waals surface area contributed by atoms with Crippen molar-refractivity contribution >= 4 is 5.97 Å². The monoisotopic (exact) mass is 418 g/mol. The third-order valence-electron chi connectivity index (χ3n) is 5.91. The third-order valence-corrected chi connectivity index (χ3v) is 5.91. The molecule has 0 bridgehead atoms. The van der Waals surface area contributed by atoms with E-state index >= 15 is 0 Å². The van der Waals surface area contributed by atoms with Crippen LogP contribution in [0.4, 0.5) is 0 Å². The molecule has 0 saturated heterocycles. The molecule has 3 aromatic rings. The van der Waals surface area contributed by atoms with Gasteiger partial charge in [-0.05, 0) is 72.4 Å². The molecule has 4 rings (SSSR count). The Bertz CT molecular complexity index is 1130. The highest BCUT2D eigenvalue weighted by Gasteiger charge is 2.26. The zero-order valence-corrected chi connectivity index (χ0v) is 17.9. The molecule has 5 nitrogen and oxygen atoms in total. The van der Waals surface area contributed by atoms with Crippen LogP contribution in [0.3, 0.4) is 0 Å². The molecule has 1 aliphatic heterocycles. The second-order valence-corrected chi connectivity index (χ2v) is 8.14. The first-order chi connectivity index (χ1) is 14.8. The number of phenols is 1. The summed E-state index contributed by atoms with van der Waals surface area (Å²) in [5.41, 5.74) is 7.47. The first-order valence-electron chi connectivity index (χ1n) is 10.3. The number of benzene rings is 3. The second kappa shape index (κ2) is 8.34. The van der Waals surface area contributed by atoms with Crippen LogP contribution in [-0.2, 0) is 11.4 Å². The van der Waals surface area contributed by atoms with Crippen molar-refractivity contribution in [2.24, 2.45) is 0 Å². The smallest absolute Gasteiger partial charge is 0.304 e. The molecular formula is C26H26O5. The largest absolute Gasteiger partial charge is 0.508 e. The lowest BCUT2D eigenvalue weighted by Gasteiger charge is -2.17. The van der Waals surface area contributed by atoms with Crippen molar-refractivity contribution in [2.75, 3.05) is 6.61 Å². The molecular weight excluding hydrogens is 392 g/mol. The number of aryl methyl sites for hydroxylation is 2. The minimum atomic E-state index is -0.823. The molecule has 31 heavy (non-hydrogen) atoms. The number of fused-ring (bicyclic) bond motifs is 1. The van der Waals surface area contributed by atoms with E-state index in [2.05, 4.69) is 19.1 Å². The van der Waals surface area contributed by atoms with Gasteiger partial charge >= 0.3 is 5.97 Å². The topological polar surface area (TPSA) is 76.0 Å². The number of hydrogen-bond acceptors (Lipinski definition) is 4. The van der Waals surface area contributed by atoms with Gasteiger partial charge < -0.3 is 19.7 Å². The van der Waals surface area contributed by atoms with E-state index in [1.807, 2.05) is 38.1 Å². The van der Waals surface area contributed by atoms with E-state index in [0.29, 0.717) is 24.7 Å². The molecule has 0 aromatic heterocycles. The minimum Gasteiger partial charge on any atom is -0.508 e. The standard InChI is InChI=1S/C26H26O5/c1-15-9-20(27)10-16(2)26(15)22-6-4-5-18(17(22)3)13-30-21-7-8-23-19(11-25(28)29)14-31-24(23)12-21/h4-10,12,19,27H,11,13-14H2,1-3H3,(H,28,29)/t19-/m1/s1. The van der Waals surface area contributed by atoms with Crippen molar-refractivity contribution in [3.05, 3.63) is 76.3 Å². The van der Waals surface area contributed by atoms with Crippen LogP contribution in [0, 0.1) is 20.8 Å². The molecule has 5 heteroatoms. The van der Waals surface area contributed by atoms with E-state index in [1.165, 1.54) is 0 Å². The maximum Gasteiger partial charge on any atom is 0.304 e. The zero-order valence-electron chi connectivity index (χ0n) is 17.9. The summed E-state index contributed by atoms with van der Waals surface area (Å²) in [4.78, 5) is 11.0. The Kier molecular flexibility index (Phi) is 5.59. The maximum atomic E-state index is 11.0. The Morgan fingerprint density at radius 2 is 1.84 bits per heavy atom. The van der Waals surface area contributed by atoms with Crippen molar-refractivity contribution < 1.29 is 24.5 Å². The Labute approximate surface area is 181 Å². The van der Waals surface area contributed by atoms with Crippen LogP contribution in [0.2, 0.25) is 0 Å². The van der Waals surface area contributed by atoms with Crippen molar-refractivity contribution in [2.45, 2.75) is 39.7 Å². The highest BCUT2D eigenvalue weighted by atomic mass is 16.5. The Morgan fingerprint density at radius 1 is 1.10 bits per heavy atom. The fraction of sp³-hybridized carbons (Fsp3) is 0.269. The average Bonchev–Trinajstić information content (AvgIpc) is 3.09. The summed E-state index contributed by atoms with van der Waals surface area (Å²) in [5.74, 6) is 0.731. The first-order valence-corrected chi connectivity index (χ1v) is 10.3. The summed E-state index contributed by atoms with van der Waals surface area (Å²) in [6, 6.07) is 15.3. The van der Waals surface area contributed by atoms with Gasteiger partial charge in [-0.1, -0.05) is 24.3 Å². The van der Waals surface area contributed by atoms with Crippen LogP contribution in [0.25, 0.3) is 11.1 Å². The number of rotatable bonds is 6. The van der Waals surface area contributed by atoms with Gasteiger partial charge in [0, 0.05) is 17.5 Å². The number of aromatic hydroxyl groups is 1. The van der Waals surface area contributed by atoms with E-state index in [1.54, 1.807) is 12.1 Å². The van der Waals surface area contributed by atoms with Gasteiger partial charge in [0.25, 0.3) is 0 Å². The molecule has 1 heterocycles. The van der Waals surface area contributed by atoms with Gasteiger partial charge in [-0.25, -0.2) is 0 Å². The lowest BCUT2D eigenvalue weighted by atomic mass is 9.90. The van der Waals surface area contributed by atoms with Crippen molar-refractivity contribution in [3.63, 3.8) is 0 Å². The number of hydrogen-bond donors (Lipinski definition) is 2. The van der Waals surface area contributed by atoms with Gasteiger partial charge in [-0.2, -0.15) is 0 Å². The van der Waals surface area contributed by atoms with Crippen LogP contribution in [0.15, 0.2) is 48.5 Å². The van der Waals surface area contributed by atoms with Crippen LogP contribution < -0.4 is 9.47 Å². The van der Waals surface area contributed by atoms with Crippen LogP contribution in [0.5, 0.6) is 17.2 Å². The van der Waals surface area contributed by atoms with E-state index in [0.717, 1.165) is 38.9 Å². The predicted molar refractivity (Wildman–Crippen MR) is 119 cm³/mol. The number of carboxylic acids is 1. The molecule has 0 unspecified atom stereocenters. The molecule has 0 fully saturated rings. The number of aliphatic carboxylic acids is 1. The second-order valence-electron chi connectivity index (χ2n) is 8.14. The molecule has 0 spiro atoms. The SMILES string of the molecule is Cc1cc(O)cc(C)c1-c1cccc(COc2ccc3c(c2)OC[C@H]3CC(=O)O)c1C. The summed E-state index contributed by atoms with van der Waals surface area (Å²) in [6.07, 6.45) is 0.0648. The molecule has 0 radical (unpaired) electrons.